The summed E-state index contributed by atoms with van der Waals surface area (Å²) in [6.07, 6.45) is 8.42. The van der Waals surface area contributed by atoms with Crippen LogP contribution in [0.5, 0.6) is 0 Å². The Labute approximate surface area is 89.9 Å². The molecular formula is C13H27N. The van der Waals surface area contributed by atoms with Crippen LogP contribution in [-0.4, -0.2) is 24.5 Å². The molecule has 0 unspecified atom stereocenters. The van der Waals surface area contributed by atoms with Crippen molar-refractivity contribution in [2.24, 2.45) is 5.41 Å². The largest absolute Gasteiger partial charge is 0.304 e. The molecule has 0 aliphatic heterocycles. The van der Waals surface area contributed by atoms with E-state index in [0.29, 0.717) is 11.0 Å². The summed E-state index contributed by atoms with van der Waals surface area (Å²) < 4.78 is 0. The number of hydrogen-bond donors (Lipinski definition) is 0. The first-order valence-electron chi connectivity index (χ1n) is 6.03. The van der Waals surface area contributed by atoms with E-state index in [2.05, 4.69) is 39.8 Å². The van der Waals surface area contributed by atoms with Crippen LogP contribution in [0.15, 0.2) is 0 Å². The van der Waals surface area contributed by atoms with Crippen LogP contribution in [0.25, 0.3) is 0 Å². The van der Waals surface area contributed by atoms with Gasteiger partial charge in [0, 0.05) is 5.54 Å². The third-order valence-electron chi connectivity index (χ3n) is 3.82. The van der Waals surface area contributed by atoms with Crippen molar-refractivity contribution in [1.82, 2.24) is 4.90 Å². The van der Waals surface area contributed by atoms with Crippen molar-refractivity contribution in [1.29, 1.82) is 0 Å². The van der Waals surface area contributed by atoms with Crippen LogP contribution in [0, 0.1) is 5.41 Å². The first kappa shape index (κ1) is 12.0. The molecule has 1 rings (SSSR count). The molecule has 0 heterocycles. The van der Waals surface area contributed by atoms with Crippen LogP contribution in [0.4, 0.5) is 0 Å². The maximum absolute atomic E-state index is 2.48. The van der Waals surface area contributed by atoms with Crippen molar-refractivity contribution in [3.8, 4) is 0 Å². The summed E-state index contributed by atoms with van der Waals surface area (Å²) in [5, 5.41) is 0. The first-order valence-corrected chi connectivity index (χ1v) is 6.03. The van der Waals surface area contributed by atoms with Crippen LogP contribution < -0.4 is 0 Å². The Morgan fingerprint density at radius 2 is 1.57 bits per heavy atom. The first-order chi connectivity index (χ1) is 6.36. The molecule has 1 nitrogen and oxygen atoms in total. The average Bonchev–Trinajstić information content (AvgIpc) is 2.48. The van der Waals surface area contributed by atoms with Gasteiger partial charge < -0.3 is 4.90 Å². The molecule has 0 aromatic rings. The molecule has 1 aliphatic carbocycles. The van der Waals surface area contributed by atoms with Crippen molar-refractivity contribution in [3.05, 3.63) is 0 Å². The minimum absolute atomic E-state index is 0.492. The molecule has 0 saturated heterocycles. The average molecular weight is 197 g/mol. The van der Waals surface area contributed by atoms with Crippen molar-refractivity contribution in [2.75, 3.05) is 14.1 Å². The Balaban J connectivity index is 2.53. The van der Waals surface area contributed by atoms with Gasteiger partial charge in [0.15, 0.2) is 0 Å². The molecule has 0 spiro atoms. The quantitative estimate of drug-likeness (QED) is 0.667. The fraction of sp³-hybridized carbons (Fsp3) is 1.00. The highest BCUT2D eigenvalue weighted by Crippen LogP contribution is 2.39. The summed E-state index contributed by atoms with van der Waals surface area (Å²) in [5.74, 6) is 0. The van der Waals surface area contributed by atoms with Gasteiger partial charge in [-0.25, -0.2) is 0 Å². The van der Waals surface area contributed by atoms with Gasteiger partial charge in [0.1, 0.15) is 0 Å². The molecule has 1 aliphatic rings. The predicted octanol–water partition coefficient (Wildman–Crippen LogP) is 3.69. The molecule has 1 saturated carbocycles. The highest BCUT2D eigenvalue weighted by molar-refractivity contribution is 4.93. The predicted molar refractivity (Wildman–Crippen MR) is 63.6 cm³/mol. The fourth-order valence-electron chi connectivity index (χ4n) is 2.56. The Morgan fingerprint density at radius 3 is 1.93 bits per heavy atom. The molecule has 0 amide bonds. The zero-order valence-electron chi connectivity index (χ0n) is 10.7. The summed E-state index contributed by atoms with van der Waals surface area (Å²) in [6, 6.07) is 0. The van der Waals surface area contributed by atoms with Crippen LogP contribution in [0.2, 0.25) is 0 Å². The molecule has 1 heteroatoms. The maximum atomic E-state index is 2.48. The van der Waals surface area contributed by atoms with Gasteiger partial charge in [0.25, 0.3) is 0 Å². The summed E-state index contributed by atoms with van der Waals surface area (Å²) in [6.45, 7) is 7.06. The third-order valence-corrected chi connectivity index (χ3v) is 3.82. The van der Waals surface area contributed by atoms with Gasteiger partial charge >= 0.3 is 0 Å². The molecule has 0 N–H and O–H groups in total. The third kappa shape index (κ3) is 2.98. The lowest BCUT2D eigenvalue weighted by Gasteiger charge is -2.38. The van der Waals surface area contributed by atoms with E-state index in [1.54, 1.807) is 0 Å². The van der Waals surface area contributed by atoms with Gasteiger partial charge in [0.05, 0.1) is 0 Å². The van der Waals surface area contributed by atoms with E-state index in [9.17, 15) is 0 Å². The maximum Gasteiger partial charge on any atom is 0.0203 e. The Kier molecular flexibility index (Phi) is 3.63. The van der Waals surface area contributed by atoms with Gasteiger partial charge in [-0.15, -0.1) is 0 Å². The molecule has 0 radical (unpaired) electrons. The van der Waals surface area contributed by atoms with E-state index >= 15 is 0 Å². The zero-order chi connectivity index (χ0) is 10.8. The molecule has 1 fully saturated rings. The van der Waals surface area contributed by atoms with E-state index < -0.39 is 0 Å². The van der Waals surface area contributed by atoms with Crippen molar-refractivity contribution in [2.45, 2.75) is 64.8 Å². The second-order valence-electron chi connectivity index (χ2n) is 6.39. The van der Waals surface area contributed by atoms with Gasteiger partial charge in [-0.3, -0.25) is 0 Å². The van der Waals surface area contributed by atoms with Gasteiger partial charge in [0.2, 0.25) is 0 Å². The number of hydrogen-bond acceptors (Lipinski definition) is 1. The van der Waals surface area contributed by atoms with E-state index in [4.69, 9.17) is 0 Å². The molecule has 14 heavy (non-hydrogen) atoms. The normalized spacial score (nSPS) is 21.9. The SMILES string of the molecule is CN(C)C1(CCC(C)(C)C)CCCC1. The lowest BCUT2D eigenvalue weighted by Crippen LogP contribution is -2.42. The molecule has 0 aromatic carbocycles. The van der Waals surface area contributed by atoms with Gasteiger partial charge in [-0.2, -0.15) is 0 Å². The lowest BCUT2D eigenvalue weighted by molar-refractivity contribution is 0.126. The van der Waals surface area contributed by atoms with E-state index in [0.717, 1.165) is 0 Å². The van der Waals surface area contributed by atoms with Crippen molar-refractivity contribution < 1.29 is 0 Å². The van der Waals surface area contributed by atoms with Crippen molar-refractivity contribution >= 4 is 0 Å². The van der Waals surface area contributed by atoms with Crippen LogP contribution >= 0.6 is 0 Å². The second kappa shape index (κ2) is 4.22. The van der Waals surface area contributed by atoms with Crippen LogP contribution in [0.1, 0.15) is 59.3 Å². The van der Waals surface area contributed by atoms with Crippen molar-refractivity contribution in [3.63, 3.8) is 0 Å². The lowest BCUT2D eigenvalue weighted by atomic mass is 9.81. The van der Waals surface area contributed by atoms with Gasteiger partial charge in [-0.05, 0) is 45.2 Å². The zero-order valence-corrected chi connectivity index (χ0v) is 10.7. The molecule has 84 valence electrons. The summed E-state index contributed by atoms with van der Waals surface area (Å²) in [5.41, 5.74) is 1.03. The summed E-state index contributed by atoms with van der Waals surface area (Å²) >= 11 is 0. The van der Waals surface area contributed by atoms with E-state index in [1.165, 1.54) is 38.5 Å². The summed E-state index contributed by atoms with van der Waals surface area (Å²) in [7, 11) is 4.52. The molecule has 0 atom stereocenters. The second-order valence-corrected chi connectivity index (χ2v) is 6.39. The minimum Gasteiger partial charge on any atom is -0.304 e. The highest BCUT2D eigenvalue weighted by Gasteiger charge is 2.36. The standard InChI is InChI=1S/C13H27N/c1-12(2,3)10-11-13(14(4)5)8-6-7-9-13/h6-11H2,1-5H3. The fourth-order valence-corrected chi connectivity index (χ4v) is 2.56. The molecule has 0 aromatic heterocycles. The van der Waals surface area contributed by atoms with E-state index in [-0.39, 0.29) is 0 Å². The highest BCUT2D eigenvalue weighted by atomic mass is 15.1. The van der Waals surface area contributed by atoms with Crippen LogP contribution in [-0.2, 0) is 0 Å². The van der Waals surface area contributed by atoms with E-state index in [1.807, 2.05) is 0 Å². The Bertz CT molecular complexity index is 170. The number of nitrogens with zero attached hydrogens (tertiary/aromatic N) is 1. The number of rotatable bonds is 3. The monoisotopic (exact) mass is 197 g/mol. The summed E-state index contributed by atoms with van der Waals surface area (Å²) in [4.78, 5) is 2.48. The topological polar surface area (TPSA) is 3.24 Å². The van der Waals surface area contributed by atoms with Crippen LogP contribution in [0.3, 0.4) is 0 Å². The molecular weight excluding hydrogens is 170 g/mol. The Morgan fingerprint density at radius 1 is 1.07 bits per heavy atom. The minimum atomic E-state index is 0.492. The molecule has 0 bridgehead atoms. The van der Waals surface area contributed by atoms with Gasteiger partial charge in [-0.1, -0.05) is 33.6 Å². The smallest absolute Gasteiger partial charge is 0.0203 e. The Hall–Kier alpha value is -0.0400.